The Morgan fingerprint density at radius 1 is 1.02 bits per heavy atom. The van der Waals surface area contributed by atoms with Crippen molar-refractivity contribution in [2.24, 2.45) is 0 Å². The van der Waals surface area contributed by atoms with Gasteiger partial charge in [-0.15, -0.1) is 0 Å². The molecule has 1 aromatic heterocycles. The number of aromatic nitrogens is 1. The number of carbonyl (C=O) groups excluding carboxylic acids is 2. The molecule has 266 valence electrons. The summed E-state index contributed by atoms with van der Waals surface area (Å²) in [6.45, 7) is 21.2. The molecule has 2 heterocycles. The van der Waals surface area contributed by atoms with Crippen LogP contribution in [0.25, 0.3) is 0 Å². The molecule has 1 N–H and O–H groups in total. The van der Waals surface area contributed by atoms with Crippen LogP contribution in [0.15, 0.2) is 36.4 Å². The second-order valence-electron chi connectivity index (χ2n) is 14.5. The minimum atomic E-state index is -0.811. The fraction of sp³-hybridized carbons (Fsp3) is 0.525. The Morgan fingerprint density at radius 3 is 2.33 bits per heavy atom. The number of rotatable bonds is 15. The van der Waals surface area contributed by atoms with E-state index < -0.39 is 17.5 Å². The van der Waals surface area contributed by atoms with Crippen LogP contribution in [0.5, 0.6) is 17.4 Å². The number of carbonyl (C=O) groups is 2. The highest BCUT2D eigenvalue weighted by Gasteiger charge is 2.39. The number of nitrogens with zero attached hydrogens (tertiary/aromatic N) is 2. The average Bonchev–Trinajstić information content (AvgIpc) is 3.40. The van der Waals surface area contributed by atoms with Crippen LogP contribution in [0.4, 0.5) is 4.79 Å². The summed E-state index contributed by atoms with van der Waals surface area (Å²) in [6, 6.07) is 12.0. The first-order valence-electron chi connectivity index (χ1n) is 17.5. The molecule has 0 bridgehead atoms. The molecular formula is C40H55N3O6. The maximum Gasteiger partial charge on any atom is 0.407 e. The van der Waals surface area contributed by atoms with Gasteiger partial charge in [0, 0.05) is 37.2 Å². The van der Waals surface area contributed by atoms with Gasteiger partial charge in [-0.2, -0.15) is 0 Å². The van der Waals surface area contributed by atoms with Crippen LogP contribution in [0.3, 0.4) is 0 Å². The van der Waals surface area contributed by atoms with E-state index in [4.69, 9.17) is 18.9 Å². The zero-order valence-electron chi connectivity index (χ0n) is 31.1. The van der Waals surface area contributed by atoms with Crippen molar-refractivity contribution in [3.8, 4) is 17.4 Å². The number of ether oxygens (including phenoxy) is 4. The van der Waals surface area contributed by atoms with Crippen molar-refractivity contribution in [1.29, 1.82) is 0 Å². The number of hydrogen-bond donors (Lipinski definition) is 1. The van der Waals surface area contributed by atoms with Gasteiger partial charge < -0.3 is 29.2 Å². The largest absolute Gasteiger partial charge is 0.473 e. The fourth-order valence-electron chi connectivity index (χ4n) is 6.35. The van der Waals surface area contributed by atoms with E-state index in [0.29, 0.717) is 38.4 Å². The summed E-state index contributed by atoms with van der Waals surface area (Å²) in [5, 5.41) is 2.99. The molecule has 1 aliphatic rings. The lowest BCUT2D eigenvalue weighted by molar-refractivity contribution is -0.118. The molecule has 0 aliphatic carbocycles. The molecule has 1 aliphatic heterocycles. The molecule has 0 saturated carbocycles. The van der Waals surface area contributed by atoms with Gasteiger partial charge >= 0.3 is 6.09 Å². The average molecular weight is 674 g/mol. The van der Waals surface area contributed by atoms with E-state index in [-0.39, 0.29) is 6.04 Å². The predicted octanol–water partition coefficient (Wildman–Crippen LogP) is 8.36. The second kappa shape index (κ2) is 16.0. The molecule has 3 aromatic rings. The standard InChI is InChI=1S/C40H55N3O6/c1-11-32(42-38(45)49-39(7,8)9)18-15-20-40(10)47-35-29(5)28(4)33(30(6)36(35)48-40)19-21-43(25-44)23-34-26(2)22-27(3)41-37(34)46-24-31-16-13-12-14-17-31/h12-14,16-17,22,25,32H,11,15,18-21,23-24H2,1-10H3,(H,42,45). The molecule has 9 nitrogen and oxygen atoms in total. The molecule has 9 heteroatoms. The van der Waals surface area contributed by atoms with Gasteiger partial charge in [0.15, 0.2) is 11.5 Å². The summed E-state index contributed by atoms with van der Waals surface area (Å²) in [5.74, 6) is 1.31. The van der Waals surface area contributed by atoms with Crippen molar-refractivity contribution in [2.45, 2.75) is 132 Å². The number of aryl methyl sites for hydroxylation is 2. The lowest BCUT2D eigenvalue weighted by Gasteiger charge is -2.25. The Hall–Kier alpha value is -4.27. The van der Waals surface area contributed by atoms with Crippen molar-refractivity contribution in [3.63, 3.8) is 0 Å². The summed E-state index contributed by atoms with van der Waals surface area (Å²) in [4.78, 5) is 31.2. The molecule has 2 unspecified atom stereocenters. The van der Waals surface area contributed by atoms with E-state index in [0.717, 1.165) is 81.8 Å². The minimum absolute atomic E-state index is 0.00583. The Kier molecular flexibility index (Phi) is 12.2. The van der Waals surface area contributed by atoms with Crippen LogP contribution in [0, 0.1) is 34.6 Å². The van der Waals surface area contributed by atoms with Gasteiger partial charge in [-0.1, -0.05) is 37.3 Å². The fourth-order valence-corrected chi connectivity index (χ4v) is 6.35. The summed E-state index contributed by atoms with van der Waals surface area (Å²) >= 11 is 0. The molecule has 0 spiro atoms. The molecule has 49 heavy (non-hydrogen) atoms. The molecule has 0 fully saturated rings. The third kappa shape index (κ3) is 9.89. The molecule has 2 amide bonds. The van der Waals surface area contributed by atoms with Crippen LogP contribution >= 0.6 is 0 Å². The van der Waals surface area contributed by atoms with Gasteiger partial charge in [-0.05, 0) is 121 Å². The van der Waals surface area contributed by atoms with Crippen molar-refractivity contribution in [3.05, 3.63) is 81.0 Å². The van der Waals surface area contributed by atoms with E-state index in [1.807, 2.05) is 77.9 Å². The molecule has 4 rings (SSSR count). The first-order valence-corrected chi connectivity index (χ1v) is 17.5. The third-order valence-electron chi connectivity index (χ3n) is 9.20. The first-order chi connectivity index (χ1) is 23.1. The second-order valence-corrected chi connectivity index (χ2v) is 14.5. The quantitative estimate of drug-likeness (QED) is 0.162. The number of nitrogens with one attached hydrogen (secondary N) is 1. The number of hydrogen-bond acceptors (Lipinski definition) is 7. The lowest BCUT2D eigenvalue weighted by Crippen LogP contribution is -2.39. The lowest BCUT2D eigenvalue weighted by atomic mass is 9.94. The minimum Gasteiger partial charge on any atom is -0.473 e. The number of pyridine rings is 1. The number of benzene rings is 2. The topological polar surface area (TPSA) is 99.2 Å². The van der Waals surface area contributed by atoms with E-state index >= 15 is 0 Å². The molecule has 0 radical (unpaired) electrons. The third-order valence-corrected chi connectivity index (χ3v) is 9.20. The van der Waals surface area contributed by atoms with E-state index in [9.17, 15) is 9.59 Å². The highest BCUT2D eigenvalue weighted by atomic mass is 16.7. The van der Waals surface area contributed by atoms with Crippen LogP contribution in [0.2, 0.25) is 0 Å². The van der Waals surface area contributed by atoms with Crippen LogP contribution < -0.4 is 19.5 Å². The van der Waals surface area contributed by atoms with E-state index in [1.54, 1.807) is 4.90 Å². The Balaban J connectivity index is 1.41. The van der Waals surface area contributed by atoms with Gasteiger partial charge in [-0.25, -0.2) is 9.78 Å². The van der Waals surface area contributed by atoms with Crippen LogP contribution in [-0.4, -0.2) is 46.4 Å². The molecular weight excluding hydrogens is 618 g/mol. The van der Waals surface area contributed by atoms with Crippen LogP contribution in [0.1, 0.15) is 105 Å². The smallest absolute Gasteiger partial charge is 0.407 e. The zero-order valence-corrected chi connectivity index (χ0v) is 31.1. The van der Waals surface area contributed by atoms with Gasteiger partial charge in [0.05, 0.1) is 6.54 Å². The SMILES string of the molecule is CCC(CCCC1(C)Oc2c(C)c(C)c(CCN(C=O)Cc3c(C)cc(C)nc3OCc3ccccc3)c(C)c2O1)NC(=O)OC(C)(C)C. The van der Waals surface area contributed by atoms with Gasteiger partial charge in [0.2, 0.25) is 18.1 Å². The zero-order chi connectivity index (χ0) is 35.9. The van der Waals surface area contributed by atoms with Crippen molar-refractivity contribution in [1.82, 2.24) is 15.2 Å². The monoisotopic (exact) mass is 673 g/mol. The highest BCUT2D eigenvalue weighted by Crippen LogP contribution is 2.48. The Bertz CT molecular complexity index is 1620. The molecule has 2 aromatic carbocycles. The normalized spacial score (nSPS) is 15.9. The van der Waals surface area contributed by atoms with E-state index in [1.165, 1.54) is 0 Å². The number of fused-ring (bicyclic) bond motifs is 1. The van der Waals surface area contributed by atoms with Crippen molar-refractivity contribution >= 4 is 12.5 Å². The molecule has 2 atom stereocenters. The summed E-state index contributed by atoms with van der Waals surface area (Å²) in [6.07, 6.45) is 4.24. The summed E-state index contributed by atoms with van der Waals surface area (Å²) in [7, 11) is 0. The van der Waals surface area contributed by atoms with E-state index in [2.05, 4.69) is 38.0 Å². The maximum atomic E-state index is 12.4. The van der Waals surface area contributed by atoms with Gasteiger partial charge in [0.25, 0.3) is 0 Å². The highest BCUT2D eigenvalue weighted by molar-refractivity contribution is 5.68. The number of alkyl carbamates (subject to hydrolysis) is 1. The maximum absolute atomic E-state index is 12.4. The van der Waals surface area contributed by atoms with Gasteiger partial charge in [-0.3, -0.25) is 4.79 Å². The van der Waals surface area contributed by atoms with Crippen molar-refractivity contribution in [2.75, 3.05) is 6.54 Å². The predicted molar refractivity (Wildman–Crippen MR) is 192 cm³/mol. The Morgan fingerprint density at radius 2 is 1.69 bits per heavy atom. The van der Waals surface area contributed by atoms with Crippen molar-refractivity contribution < 1.29 is 28.5 Å². The first kappa shape index (κ1) is 37.5. The number of amides is 2. The Labute approximate surface area is 292 Å². The summed E-state index contributed by atoms with van der Waals surface area (Å²) < 4.78 is 24.7. The summed E-state index contributed by atoms with van der Waals surface area (Å²) in [5.41, 5.74) is 7.72. The van der Waals surface area contributed by atoms with Gasteiger partial charge in [0.1, 0.15) is 12.2 Å². The van der Waals surface area contributed by atoms with Crippen LogP contribution in [-0.2, 0) is 29.1 Å². The molecule has 0 saturated heterocycles.